The van der Waals surface area contributed by atoms with Crippen molar-refractivity contribution >= 4 is 29.0 Å². The third-order valence-corrected chi connectivity index (χ3v) is 4.61. The molecule has 2 aliphatic carbocycles. The molecule has 0 heterocycles. The Balaban J connectivity index is 2.25. The van der Waals surface area contributed by atoms with E-state index in [0.717, 1.165) is 6.42 Å². The number of hydrogen-bond acceptors (Lipinski definition) is 0. The normalized spacial score (nSPS) is 19.8. The van der Waals surface area contributed by atoms with Gasteiger partial charge >= 0.3 is 0 Å². The molecule has 94 valence electrons. The fourth-order valence-corrected chi connectivity index (χ4v) is 3.63. The average Bonchev–Trinajstić information content (AvgIpc) is 2.80. The second-order valence-corrected chi connectivity index (χ2v) is 5.87. The number of rotatable bonds is 0. The van der Waals surface area contributed by atoms with Crippen LogP contribution in [0.4, 0.5) is 0 Å². The molecule has 0 aromatic heterocycles. The molecule has 2 aromatic rings. The number of fused-ring (bicyclic) bond motifs is 5. The van der Waals surface area contributed by atoms with Gasteiger partial charge in [-0.3, -0.25) is 0 Å². The minimum atomic E-state index is 0.679. The van der Waals surface area contributed by atoms with E-state index >= 15 is 0 Å². The van der Waals surface area contributed by atoms with E-state index in [1.807, 2.05) is 0 Å². The Kier molecular flexibility index (Phi) is 2.23. The SMILES string of the molecule is Cc1cc2c(c3ccc4c(c13)=CCC=C4)=CCC2C. The highest BCUT2D eigenvalue weighted by Gasteiger charge is 2.16. The zero-order valence-electron chi connectivity index (χ0n) is 11.5. The third-order valence-electron chi connectivity index (χ3n) is 4.61. The zero-order valence-corrected chi connectivity index (χ0v) is 11.5. The Labute approximate surface area is 113 Å². The van der Waals surface area contributed by atoms with E-state index < -0.39 is 0 Å². The second kappa shape index (κ2) is 3.84. The molecule has 0 spiro atoms. The van der Waals surface area contributed by atoms with Crippen LogP contribution in [-0.4, -0.2) is 0 Å². The van der Waals surface area contributed by atoms with Gasteiger partial charge < -0.3 is 0 Å². The van der Waals surface area contributed by atoms with Crippen LogP contribution in [0.2, 0.25) is 0 Å². The van der Waals surface area contributed by atoms with Crippen LogP contribution < -0.4 is 10.4 Å². The summed E-state index contributed by atoms with van der Waals surface area (Å²) in [5, 5.41) is 5.84. The van der Waals surface area contributed by atoms with Crippen molar-refractivity contribution in [2.24, 2.45) is 0 Å². The maximum Gasteiger partial charge on any atom is -0.00731 e. The minimum Gasteiger partial charge on any atom is -0.0801 e. The lowest BCUT2D eigenvalue weighted by molar-refractivity contribution is 0.824. The van der Waals surface area contributed by atoms with Gasteiger partial charge in [0.05, 0.1) is 0 Å². The van der Waals surface area contributed by atoms with Gasteiger partial charge in [0.15, 0.2) is 0 Å². The maximum absolute atomic E-state index is 2.42. The molecule has 0 saturated heterocycles. The third kappa shape index (κ3) is 1.46. The molecule has 0 N–H and O–H groups in total. The van der Waals surface area contributed by atoms with Crippen molar-refractivity contribution in [3.63, 3.8) is 0 Å². The first-order valence-electron chi connectivity index (χ1n) is 7.19. The molecule has 2 aromatic carbocycles. The number of benzene rings is 2. The van der Waals surface area contributed by atoms with Crippen LogP contribution >= 0.6 is 0 Å². The van der Waals surface area contributed by atoms with Gasteiger partial charge in [-0.25, -0.2) is 0 Å². The van der Waals surface area contributed by atoms with E-state index in [2.05, 4.69) is 56.4 Å². The molecule has 0 nitrogen and oxygen atoms in total. The standard InChI is InChI=1S/C19H18/c1-12-7-9-16-17-10-8-14-5-3-4-6-15(14)19(17)13(2)11-18(12)16/h3,5-6,8-12H,4,7H2,1-2H3. The minimum absolute atomic E-state index is 0.679. The van der Waals surface area contributed by atoms with Crippen molar-refractivity contribution in [1.82, 2.24) is 0 Å². The largest absolute Gasteiger partial charge is 0.0801 e. The van der Waals surface area contributed by atoms with Crippen LogP contribution in [0, 0.1) is 6.92 Å². The lowest BCUT2D eigenvalue weighted by Gasteiger charge is -2.13. The Morgan fingerprint density at radius 2 is 2.00 bits per heavy atom. The molecule has 4 rings (SSSR count). The van der Waals surface area contributed by atoms with Crippen LogP contribution in [0.1, 0.15) is 42.4 Å². The Bertz CT molecular complexity index is 835. The Morgan fingerprint density at radius 1 is 1.11 bits per heavy atom. The summed E-state index contributed by atoms with van der Waals surface area (Å²) in [6, 6.07) is 7.01. The summed E-state index contributed by atoms with van der Waals surface area (Å²) in [5.74, 6) is 0.679. The zero-order chi connectivity index (χ0) is 13.0. The first-order valence-corrected chi connectivity index (χ1v) is 7.19. The fourth-order valence-electron chi connectivity index (χ4n) is 3.63. The fraction of sp³-hybridized carbons (Fsp3) is 0.263. The van der Waals surface area contributed by atoms with E-state index in [4.69, 9.17) is 0 Å². The molecule has 0 saturated carbocycles. The van der Waals surface area contributed by atoms with Gasteiger partial charge in [0.1, 0.15) is 0 Å². The monoisotopic (exact) mass is 246 g/mol. The van der Waals surface area contributed by atoms with Crippen LogP contribution in [0.5, 0.6) is 0 Å². The van der Waals surface area contributed by atoms with Crippen LogP contribution in [0.25, 0.3) is 29.0 Å². The average molecular weight is 246 g/mol. The molecule has 0 radical (unpaired) electrons. The maximum atomic E-state index is 2.42. The van der Waals surface area contributed by atoms with Gasteiger partial charge in [0, 0.05) is 0 Å². The van der Waals surface area contributed by atoms with Gasteiger partial charge in [-0.2, -0.15) is 0 Å². The summed E-state index contributed by atoms with van der Waals surface area (Å²) >= 11 is 0. The summed E-state index contributed by atoms with van der Waals surface area (Å²) in [4.78, 5) is 0. The van der Waals surface area contributed by atoms with E-state index in [-0.39, 0.29) is 0 Å². The predicted octanol–water partition coefficient (Wildman–Crippen LogP) is 3.63. The molecule has 0 fully saturated rings. The van der Waals surface area contributed by atoms with Crippen LogP contribution in [-0.2, 0) is 0 Å². The van der Waals surface area contributed by atoms with E-state index in [1.54, 1.807) is 0 Å². The van der Waals surface area contributed by atoms with Crippen molar-refractivity contribution in [3.05, 3.63) is 51.4 Å². The summed E-state index contributed by atoms with van der Waals surface area (Å²) in [7, 11) is 0. The van der Waals surface area contributed by atoms with Gasteiger partial charge in [-0.15, -0.1) is 0 Å². The molecular formula is C19H18. The quantitative estimate of drug-likeness (QED) is 0.666. The summed E-state index contributed by atoms with van der Waals surface area (Å²) in [5.41, 5.74) is 4.34. The first-order chi connectivity index (χ1) is 9.25. The highest BCUT2D eigenvalue weighted by Crippen LogP contribution is 2.26. The molecular weight excluding hydrogens is 228 g/mol. The second-order valence-electron chi connectivity index (χ2n) is 5.87. The van der Waals surface area contributed by atoms with Crippen molar-refractivity contribution < 1.29 is 0 Å². The van der Waals surface area contributed by atoms with Crippen LogP contribution in [0.15, 0.2) is 24.3 Å². The molecule has 19 heavy (non-hydrogen) atoms. The van der Waals surface area contributed by atoms with Gasteiger partial charge in [0.25, 0.3) is 0 Å². The van der Waals surface area contributed by atoms with Crippen molar-refractivity contribution in [3.8, 4) is 0 Å². The number of allylic oxidation sites excluding steroid dienone is 1. The van der Waals surface area contributed by atoms with Gasteiger partial charge in [0.2, 0.25) is 0 Å². The van der Waals surface area contributed by atoms with Crippen LogP contribution in [0.3, 0.4) is 0 Å². The molecule has 2 aliphatic rings. The molecule has 0 aliphatic heterocycles. The summed E-state index contributed by atoms with van der Waals surface area (Å²) in [6.07, 6.45) is 11.5. The predicted molar refractivity (Wildman–Crippen MR) is 83.5 cm³/mol. The first kappa shape index (κ1) is 11.0. The van der Waals surface area contributed by atoms with Gasteiger partial charge in [-0.1, -0.05) is 49.4 Å². The van der Waals surface area contributed by atoms with E-state index in [0.29, 0.717) is 5.92 Å². The number of aryl methyl sites for hydroxylation is 1. The summed E-state index contributed by atoms with van der Waals surface area (Å²) < 4.78 is 0. The molecule has 0 amide bonds. The van der Waals surface area contributed by atoms with E-state index in [9.17, 15) is 0 Å². The lowest BCUT2D eigenvalue weighted by Crippen LogP contribution is -2.16. The summed E-state index contributed by atoms with van der Waals surface area (Å²) in [6.45, 7) is 4.60. The van der Waals surface area contributed by atoms with Crippen molar-refractivity contribution in [1.29, 1.82) is 0 Å². The highest BCUT2D eigenvalue weighted by molar-refractivity contribution is 5.91. The molecule has 0 bridgehead atoms. The molecule has 0 heteroatoms. The van der Waals surface area contributed by atoms with E-state index in [1.165, 1.54) is 44.3 Å². The highest BCUT2D eigenvalue weighted by atomic mass is 14.2. The van der Waals surface area contributed by atoms with Crippen molar-refractivity contribution in [2.75, 3.05) is 0 Å². The van der Waals surface area contributed by atoms with Crippen molar-refractivity contribution in [2.45, 2.75) is 32.6 Å². The Morgan fingerprint density at radius 3 is 2.89 bits per heavy atom. The lowest BCUT2D eigenvalue weighted by atomic mass is 9.91. The smallest absolute Gasteiger partial charge is 0.00731 e. The number of hydrogen-bond donors (Lipinski definition) is 0. The Hall–Kier alpha value is -1.82. The van der Waals surface area contributed by atoms with Gasteiger partial charge in [-0.05, 0) is 63.6 Å². The topological polar surface area (TPSA) is 0 Å². The molecule has 1 atom stereocenters. The molecule has 1 unspecified atom stereocenters.